The van der Waals surface area contributed by atoms with Gasteiger partial charge in [0.1, 0.15) is 5.82 Å². The van der Waals surface area contributed by atoms with E-state index in [-0.39, 0.29) is 23.5 Å². The zero-order valence-electron chi connectivity index (χ0n) is 16.3. The van der Waals surface area contributed by atoms with E-state index in [9.17, 15) is 14.0 Å². The van der Waals surface area contributed by atoms with Gasteiger partial charge in [-0.3, -0.25) is 14.6 Å². The van der Waals surface area contributed by atoms with Gasteiger partial charge in [0.25, 0.3) is 0 Å². The van der Waals surface area contributed by atoms with Crippen LogP contribution in [-0.4, -0.2) is 33.8 Å². The molecule has 0 bridgehead atoms. The molecule has 1 fully saturated rings. The minimum atomic E-state index is -0.470. The van der Waals surface area contributed by atoms with Crippen LogP contribution in [-0.2, 0) is 22.6 Å². The Labute approximate surface area is 165 Å². The van der Waals surface area contributed by atoms with Gasteiger partial charge in [-0.1, -0.05) is 18.2 Å². The molecule has 5 nitrogen and oxygen atoms in total. The summed E-state index contributed by atoms with van der Waals surface area (Å²) in [5.41, 5.74) is 1.30. The van der Waals surface area contributed by atoms with Gasteiger partial charge in [-0.2, -0.15) is 0 Å². The standard InChI is InChI=1S/C22H26FN3O2/c1-22(2,13-16-6-9-18(23)10-7-16)25-21(28)17-8-11-20(27)26(14-17)15-19-5-3-4-12-24-19/h3-7,9-10,12,17H,8,11,13-15H2,1-2H3,(H,25,28). The number of amides is 2. The number of likely N-dealkylation sites (tertiary alicyclic amines) is 1. The number of carbonyl (C=O) groups excluding carboxylic acids is 2. The molecule has 1 aliphatic rings. The van der Waals surface area contributed by atoms with Gasteiger partial charge in [0.2, 0.25) is 11.8 Å². The molecule has 2 heterocycles. The number of hydrogen-bond acceptors (Lipinski definition) is 3. The number of benzene rings is 1. The van der Waals surface area contributed by atoms with Gasteiger partial charge < -0.3 is 10.2 Å². The van der Waals surface area contributed by atoms with Crippen molar-refractivity contribution in [1.82, 2.24) is 15.2 Å². The Morgan fingerprint density at radius 2 is 2.00 bits per heavy atom. The van der Waals surface area contributed by atoms with E-state index >= 15 is 0 Å². The van der Waals surface area contributed by atoms with E-state index in [0.717, 1.165) is 11.3 Å². The molecule has 1 unspecified atom stereocenters. The number of hydrogen-bond donors (Lipinski definition) is 1. The maximum Gasteiger partial charge on any atom is 0.225 e. The summed E-state index contributed by atoms with van der Waals surface area (Å²) in [4.78, 5) is 31.1. The summed E-state index contributed by atoms with van der Waals surface area (Å²) >= 11 is 0. The fourth-order valence-corrected chi connectivity index (χ4v) is 3.56. The molecule has 2 aromatic rings. The van der Waals surface area contributed by atoms with Crippen molar-refractivity contribution in [1.29, 1.82) is 0 Å². The average Bonchev–Trinajstić information content (AvgIpc) is 2.65. The fraction of sp³-hybridized carbons (Fsp3) is 0.409. The number of nitrogens with one attached hydrogen (secondary N) is 1. The van der Waals surface area contributed by atoms with Crippen LogP contribution in [0.4, 0.5) is 4.39 Å². The summed E-state index contributed by atoms with van der Waals surface area (Å²) < 4.78 is 13.1. The van der Waals surface area contributed by atoms with Crippen LogP contribution < -0.4 is 5.32 Å². The van der Waals surface area contributed by atoms with Crippen LogP contribution in [0.3, 0.4) is 0 Å². The second-order valence-corrected chi connectivity index (χ2v) is 8.01. The molecule has 1 aromatic heterocycles. The third kappa shape index (κ3) is 5.38. The molecular formula is C22H26FN3O2. The van der Waals surface area contributed by atoms with E-state index < -0.39 is 5.54 Å². The molecule has 28 heavy (non-hydrogen) atoms. The molecule has 1 aromatic carbocycles. The van der Waals surface area contributed by atoms with E-state index in [0.29, 0.717) is 32.4 Å². The lowest BCUT2D eigenvalue weighted by atomic mass is 9.91. The Bertz CT molecular complexity index is 821. The van der Waals surface area contributed by atoms with Gasteiger partial charge >= 0.3 is 0 Å². The fourth-order valence-electron chi connectivity index (χ4n) is 3.56. The van der Waals surface area contributed by atoms with Crippen LogP contribution in [0, 0.1) is 11.7 Å². The highest BCUT2D eigenvalue weighted by Gasteiger charge is 2.32. The van der Waals surface area contributed by atoms with Crippen LogP contribution in [0.2, 0.25) is 0 Å². The van der Waals surface area contributed by atoms with Gasteiger partial charge in [0, 0.05) is 24.7 Å². The summed E-state index contributed by atoms with van der Waals surface area (Å²) in [6, 6.07) is 11.9. The summed E-state index contributed by atoms with van der Waals surface area (Å²) in [7, 11) is 0. The number of nitrogens with zero attached hydrogens (tertiary/aromatic N) is 2. The van der Waals surface area contributed by atoms with E-state index in [1.807, 2.05) is 32.0 Å². The molecule has 1 atom stereocenters. The lowest BCUT2D eigenvalue weighted by Crippen LogP contribution is -2.51. The minimum absolute atomic E-state index is 0.0503. The topological polar surface area (TPSA) is 62.3 Å². The Kier molecular flexibility index (Phi) is 6.07. The summed E-state index contributed by atoms with van der Waals surface area (Å²) in [5, 5.41) is 3.10. The quantitative estimate of drug-likeness (QED) is 0.834. The highest BCUT2D eigenvalue weighted by Crippen LogP contribution is 2.21. The first-order valence-electron chi connectivity index (χ1n) is 9.56. The zero-order chi connectivity index (χ0) is 20.1. The normalized spacial score (nSPS) is 17.5. The van der Waals surface area contributed by atoms with Crippen molar-refractivity contribution in [3.63, 3.8) is 0 Å². The molecule has 6 heteroatoms. The third-order valence-corrected chi connectivity index (χ3v) is 4.97. The molecule has 2 amide bonds. The molecule has 1 aliphatic heterocycles. The van der Waals surface area contributed by atoms with Crippen molar-refractivity contribution in [3.8, 4) is 0 Å². The summed E-state index contributed by atoms with van der Waals surface area (Å²) in [6.45, 7) is 4.72. The van der Waals surface area contributed by atoms with Gasteiger partial charge in [-0.15, -0.1) is 0 Å². The van der Waals surface area contributed by atoms with E-state index in [1.165, 1.54) is 12.1 Å². The van der Waals surface area contributed by atoms with Crippen molar-refractivity contribution in [2.75, 3.05) is 6.54 Å². The van der Waals surface area contributed by atoms with Crippen LogP contribution in [0.25, 0.3) is 0 Å². The van der Waals surface area contributed by atoms with E-state index in [2.05, 4.69) is 10.3 Å². The Hall–Kier alpha value is -2.76. The van der Waals surface area contributed by atoms with Crippen LogP contribution in [0.15, 0.2) is 48.7 Å². The smallest absolute Gasteiger partial charge is 0.225 e. The lowest BCUT2D eigenvalue weighted by molar-refractivity contribution is -0.139. The van der Waals surface area contributed by atoms with Crippen molar-refractivity contribution < 1.29 is 14.0 Å². The SMILES string of the molecule is CC(C)(Cc1ccc(F)cc1)NC(=O)C1CCC(=O)N(Cc2ccccn2)C1. The summed E-state index contributed by atoms with van der Waals surface area (Å²) in [5.74, 6) is -0.509. The minimum Gasteiger partial charge on any atom is -0.351 e. The van der Waals surface area contributed by atoms with Crippen molar-refractivity contribution in [2.24, 2.45) is 5.92 Å². The van der Waals surface area contributed by atoms with Gasteiger partial charge in [-0.25, -0.2) is 4.39 Å². The Morgan fingerprint density at radius 3 is 2.68 bits per heavy atom. The van der Waals surface area contributed by atoms with Crippen LogP contribution in [0.5, 0.6) is 0 Å². The van der Waals surface area contributed by atoms with Crippen molar-refractivity contribution in [2.45, 2.75) is 45.2 Å². The zero-order valence-corrected chi connectivity index (χ0v) is 16.3. The second-order valence-electron chi connectivity index (χ2n) is 8.01. The molecule has 1 saturated heterocycles. The van der Waals surface area contributed by atoms with Gasteiger partial charge in [0.05, 0.1) is 18.2 Å². The predicted octanol–water partition coefficient (Wildman–Crippen LogP) is 3.10. The third-order valence-electron chi connectivity index (χ3n) is 4.97. The summed E-state index contributed by atoms with van der Waals surface area (Å²) in [6.07, 6.45) is 3.22. The first kappa shape index (κ1) is 20.0. The molecular weight excluding hydrogens is 357 g/mol. The van der Waals surface area contributed by atoms with Crippen LogP contribution >= 0.6 is 0 Å². The van der Waals surface area contributed by atoms with Gasteiger partial charge in [-0.05, 0) is 56.5 Å². The highest BCUT2D eigenvalue weighted by atomic mass is 19.1. The molecule has 0 aliphatic carbocycles. The largest absolute Gasteiger partial charge is 0.351 e. The van der Waals surface area contributed by atoms with Crippen molar-refractivity contribution in [3.05, 3.63) is 65.7 Å². The molecule has 0 saturated carbocycles. The number of halogens is 1. The molecule has 0 spiro atoms. The Morgan fingerprint density at radius 1 is 1.25 bits per heavy atom. The Balaban J connectivity index is 1.59. The predicted molar refractivity (Wildman–Crippen MR) is 105 cm³/mol. The maximum atomic E-state index is 13.1. The number of aromatic nitrogens is 1. The van der Waals surface area contributed by atoms with Crippen LogP contribution in [0.1, 0.15) is 37.9 Å². The first-order valence-corrected chi connectivity index (χ1v) is 9.56. The van der Waals surface area contributed by atoms with E-state index in [4.69, 9.17) is 0 Å². The first-order chi connectivity index (χ1) is 13.3. The lowest BCUT2D eigenvalue weighted by Gasteiger charge is -2.34. The monoisotopic (exact) mass is 383 g/mol. The molecule has 148 valence electrons. The van der Waals surface area contributed by atoms with E-state index in [1.54, 1.807) is 23.2 Å². The average molecular weight is 383 g/mol. The second kappa shape index (κ2) is 8.50. The number of carbonyl (C=O) groups is 2. The maximum absolute atomic E-state index is 13.1. The number of piperidine rings is 1. The van der Waals surface area contributed by atoms with Gasteiger partial charge in [0.15, 0.2) is 0 Å². The molecule has 1 N–H and O–H groups in total. The number of rotatable bonds is 6. The molecule has 3 rings (SSSR count). The van der Waals surface area contributed by atoms with Crippen molar-refractivity contribution >= 4 is 11.8 Å². The highest BCUT2D eigenvalue weighted by molar-refractivity contribution is 5.84. The molecule has 0 radical (unpaired) electrons. The number of pyridine rings is 1.